The molecule has 1 amide bonds. The predicted molar refractivity (Wildman–Crippen MR) is 73.1 cm³/mol. The molecule has 0 spiro atoms. The largest absolute Gasteiger partial charge is 0.399 e. The van der Waals surface area contributed by atoms with Crippen molar-refractivity contribution < 1.29 is 4.79 Å². The predicted octanol–water partition coefficient (Wildman–Crippen LogP) is 1.97. The van der Waals surface area contributed by atoms with Crippen LogP contribution in [-0.4, -0.2) is 10.9 Å². The lowest BCUT2D eigenvalue weighted by Gasteiger charge is -2.04. The normalized spacial score (nSPS) is 10.2. The van der Waals surface area contributed by atoms with E-state index in [1.165, 1.54) is 11.3 Å². The quantitative estimate of drug-likeness (QED) is 0.809. The van der Waals surface area contributed by atoms with E-state index in [4.69, 9.17) is 5.73 Å². The van der Waals surface area contributed by atoms with Crippen LogP contribution in [0.1, 0.15) is 17.7 Å². The van der Waals surface area contributed by atoms with Gasteiger partial charge in [-0.3, -0.25) is 4.79 Å². The average Bonchev–Trinajstić information content (AvgIpc) is 2.89. The van der Waals surface area contributed by atoms with Crippen LogP contribution in [0, 0.1) is 0 Å². The summed E-state index contributed by atoms with van der Waals surface area (Å²) >= 11 is 1.53. The van der Waals surface area contributed by atoms with Crippen LogP contribution in [0.4, 0.5) is 5.69 Å². The summed E-state index contributed by atoms with van der Waals surface area (Å²) in [7, 11) is 0. The van der Waals surface area contributed by atoms with Crippen LogP contribution < -0.4 is 11.1 Å². The lowest BCUT2D eigenvalue weighted by atomic mass is 10.1. The van der Waals surface area contributed by atoms with E-state index < -0.39 is 0 Å². The van der Waals surface area contributed by atoms with Crippen molar-refractivity contribution in [2.45, 2.75) is 19.4 Å². The second-order valence-corrected chi connectivity index (χ2v) is 4.72. The van der Waals surface area contributed by atoms with Gasteiger partial charge in [0.1, 0.15) is 0 Å². The zero-order valence-electron chi connectivity index (χ0n) is 9.93. The highest BCUT2D eigenvalue weighted by Gasteiger charge is 2.03. The van der Waals surface area contributed by atoms with Gasteiger partial charge in [-0.1, -0.05) is 12.1 Å². The Morgan fingerprint density at radius 2 is 2.11 bits per heavy atom. The summed E-state index contributed by atoms with van der Waals surface area (Å²) in [6.07, 6.45) is 1.21. The molecule has 0 atom stereocenters. The molecule has 0 radical (unpaired) electrons. The zero-order valence-corrected chi connectivity index (χ0v) is 10.7. The Balaban J connectivity index is 1.73. The second-order valence-electron chi connectivity index (χ2n) is 4.00. The van der Waals surface area contributed by atoms with Crippen LogP contribution in [-0.2, 0) is 17.8 Å². The maximum Gasteiger partial charge on any atom is 0.220 e. The molecule has 1 aromatic carbocycles. The van der Waals surface area contributed by atoms with Crippen LogP contribution in [0.15, 0.2) is 35.2 Å². The Kier molecular flexibility index (Phi) is 4.30. The maximum atomic E-state index is 11.6. The fourth-order valence-corrected chi connectivity index (χ4v) is 2.10. The molecule has 94 valence electrons. The summed E-state index contributed by atoms with van der Waals surface area (Å²) in [4.78, 5) is 15.7. The number of hydrogen-bond donors (Lipinski definition) is 2. The van der Waals surface area contributed by atoms with Gasteiger partial charge in [-0.25, -0.2) is 4.98 Å². The number of amides is 1. The van der Waals surface area contributed by atoms with Crippen molar-refractivity contribution in [1.82, 2.24) is 10.3 Å². The molecule has 0 fully saturated rings. The van der Waals surface area contributed by atoms with Gasteiger partial charge in [0.05, 0.1) is 17.7 Å². The minimum atomic E-state index is 0.0415. The molecule has 2 rings (SSSR count). The molecule has 4 nitrogen and oxygen atoms in total. The molecule has 0 unspecified atom stereocenters. The highest BCUT2D eigenvalue weighted by Crippen LogP contribution is 2.07. The average molecular weight is 261 g/mol. The summed E-state index contributed by atoms with van der Waals surface area (Å²) < 4.78 is 0. The first-order chi connectivity index (χ1) is 8.74. The van der Waals surface area contributed by atoms with Gasteiger partial charge in [0.25, 0.3) is 0 Å². The lowest BCUT2D eigenvalue weighted by Crippen LogP contribution is -2.23. The van der Waals surface area contributed by atoms with Gasteiger partial charge in [-0.15, -0.1) is 11.3 Å². The molecule has 0 saturated carbocycles. The molecule has 0 aliphatic heterocycles. The lowest BCUT2D eigenvalue weighted by molar-refractivity contribution is -0.121. The van der Waals surface area contributed by atoms with Crippen LogP contribution in [0.2, 0.25) is 0 Å². The van der Waals surface area contributed by atoms with Crippen molar-refractivity contribution in [2.24, 2.45) is 0 Å². The van der Waals surface area contributed by atoms with Crippen LogP contribution in [0.3, 0.4) is 0 Å². The van der Waals surface area contributed by atoms with Crippen molar-refractivity contribution in [3.8, 4) is 0 Å². The Labute approximate surface area is 110 Å². The van der Waals surface area contributed by atoms with Crippen molar-refractivity contribution in [1.29, 1.82) is 0 Å². The standard InChI is InChI=1S/C13H15N3OS/c14-11-4-1-10(2-5-11)3-6-13(17)15-7-12-8-18-9-16-12/h1-2,4-5,8-9H,3,6-7,14H2,(H,15,17). The Bertz CT molecular complexity index is 493. The number of rotatable bonds is 5. The highest BCUT2D eigenvalue weighted by atomic mass is 32.1. The molecule has 18 heavy (non-hydrogen) atoms. The van der Waals surface area contributed by atoms with Crippen LogP contribution >= 0.6 is 11.3 Å². The molecule has 3 N–H and O–H groups in total. The zero-order chi connectivity index (χ0) is 12.8. The number of thiazole rings is 1. The number of nitrogens with one attached hydrogen (secondary N) is 1. The van der Waals surface area contributed by atoms with Gasteiger partial charge in [0.15, 0.2) is 0 Å². The molecule has 0 aliphatic rings. The van der Waals surface area contributed by atoms with Gasteiger partial charge >= 0.3 is 0 Å². The summed E-state index contributed by atoms with van der Waals surface area (Å²) in [5.41, 5.74) is 10.1. The fourth-order valence-electron chi connectivity index (χ4n) is 1.54. The number of anilines is 1. The summed E-state index contributed by atoms with van der Waals surface area (Å²) in [5.74, 6) is 0.0415. The Morgan fingerprint density at radius 1 is 1.33 bits per heavy atom. The minimum absolute atomic E-state index is 0.0415. The molecule has 5 heteroatoms. The number of aromatic nitrogens is 1. The Hall–Kier alpha value is -1.88. The van der Waals surface area contributed by atoms with Crippen molar-refractivity contribution in [2.75, 3.05) is 5.73 Å². The van der Waals surface area contributed by atoms with E-state index in [1.54, 1.807) is 5.51 Å². The number of benzene rings is 1. The molecule has 0 bridgehead atoms. The molecular weight excluding hydrogens is 246 g/mol. The number of nitrogens with two attached hydrogens (primary N) is 1. The number of aryl methyl sites for hydroxylation is 1. The molecule has 2 aromatic rings. The van der Waals surface area contributed by atoms with Gasteiger partial charge in [-0.05, 0) is 24.1 Å². The first-order valence-electron chi connectivity index (χ1n) is 5.72. The van der Waals surface area contributed by atoms with Crippen LogP contribution in [0.25, 0.3) is 0 Å². The maximum absolute atomic E-state index is 11.6. The smallest absolute Gasteiger partial charge is 0.220 e. The number of carbonyl (C=O) groups excluding carboxylic acids is 1. The summed E-state index contributed by atoms with van der Waals surface area (Å²) in [6.45, 7) is 0.504. The van der Waals surface area contributed by atoms with Crippen molar-refractivity contribution in [3.63, 3.8) is 0 Å². The molecular formula is C13H15N3OS. The number of hydrogen-bond acceptors (Lipinski definition) is 4. The third-order valence-electron chi connectivity index (χ3n) is 2.57. The summed E-state index contributed by atoms with van der Waals surface area (Å²) in [5, 5.41) is 4.78. The third-order valence-corrected chi connectivity index (χ3v) is 3.21. The monoisotopic (exact) mass is 261 g/mol. The van der Waals surface area contributed by atoms with E-state index in [0.717, 1.165) is 23.4 Å². The van der Waals surface area contributed by atoms with Gasteiger partial charge < -0.3 is 11.1 Å². The van der Waals surface area contributed by atoms with Gasteiger partial charge in [0, 0.05) is 17.5 Å². The van der Waals surface area contributed by atoms with E-state index in [0.29, 0.717) is 13.0 Å². The molecule has 0 aliphatic carbocycles. The SMILES string of the molecule is Nc1ccc(CCC(=O)NCc2cscn2)cc1. The van der Waals surface area contributed by atoms with E-state index in [-0.39, 0.29) is 5.91 Å². The van der Waals surface area contributed by atoms with Crippen LogP contribution in [0.5, 0.6) is 0 Å². The molecule has 1 heterocycles. The molecule has 1 aromatic heterocycles. The van der Waals surface area contributed by atoms with E-state index in [1.807, 2.05) is 29.6 Å². The number of carbonyl (C=O) groups is 1. The van der Waals surface area contributed by atoms with E-state index >= 15 is 0 Å². The number of nitrogens with zero attached hydrogens (tertiary/aromatic N) is 1. The van der Waals surface area contributed by atoms with E-state index in [2.05, 4.69) is 10.3 Å². The Morgan fingerprint density at radius 3 is 2.78 bits per heavy atom. The topological polar surface area (TPSA) is 68.0 Å². The first-order valence-corrected chi connectivity index (χ1v) is 6.66. The third kappa shape index (κ3) is 3.85. The molecule has 0 saturated heterocycles. The number of nitrogen functional groups attached to an aromatic ring is 1. The van der Waals surface area contributed by atoms with Crippen molar-refractivity contribution >= 4 is 22.9 Å². The fraction of sp³-hybridized carbons (Fsp3) is 0.231. The minimum Gasteiger partial charge on any atom is -0.399 e. The van der Waals surface area contributed by atoms with Crippen molar-refractivity contribution in [3.05, 3.63) is 46.4 Å². The van der Waals surface area contributed by atoms with Gasteiger partial charge in [0.2, 0.25) is 5.91 Å². The summed E-state index contributed by atoms with van der Waals surface area (Å²) in [6, 6.07) is 7.59. The first kappa shape index (κ1) is 12.6. The highest BCUT2D eigenvalue weighted by molar-refractivity contribution is 7.07. The van der Waals surface area contributed by atoms with E-state index in [9.17, 15) is 4.79 Å². The van der Waals surface area contributed by atoms with Gasteiger partial charge in [-0.2, -0.15) is 0 Å². The second kappa shape index (κ2) is 6.16.